The number of methoxy groups -OCH3 is 1. The van der Waals surface area contributed by atoms with Gasteiger partial charge < -0.3 is 9.84 Å². The summed E-state index contributed by atoms with van der Waals surface area (Å²) in [4.78, 5) is 10.6. The zero-order valence-corrected chi connectivity index (χ0v) is 9.06. The Morgan fingerprint density at radius 2 is 2.00 bits per heavy atom. The van der Waals surface area contributed by atoms with Gasteiger partial charge in [-0.15, -0.1) is 0 Å². The fraction of sp³-hybridized carbons (Fsp3) is 0.417. The highest BCUT2D eigenvalue weighted by molar-refractivity contribution is 5.87. The minimum atomic E-state index is -0.883. The third-order valence-electron chi connectivity index (χ3n) is 2.48. The summed E-state index contributed by atoms with van der Waals surface area (Å²) >= 11 is 0. The highest BCUT2D eigenvalue weighted by atomic mass is 16.5. The standard InChI is InChI=1S/C12H16O3/c1-9(7-8-15-2)10-3-5-11(6-4-10)12(13)14/h3-6,9H,7-8H2,1-2H3,(H,13,14). The second kappa shape index (κ2) is 5.51. The molecular formula is C12H16O3. The van der Waals surface area contributed by atoms with E-state index in [1.54, 1.807) is 19.2 Å². The van der Waals surface area contributed by atoms with Crippen molar-refractivity contribution in [2.24, 2.45) is 0 Å². The van der Waals surface area contributed by atoms with Crippen molar-refractivity contribution in [3.63, 3.8) is 0 Å². The van der Waals surface area contributed by atoms with E-state index in [9.17, 15) is 4.79 Å². The number of aromatic carboxylic acids is 1. The third-order valence-corrected chi connectivity index (χ3v) is 2.48. The topological polar surface area (TPSA) is 46.5 Å². The van der Waals surface area contributed by atoms with E-state index in [1.807, 2.05) is 12.1 Å². The average Bonchev–Trinajstić information content (AvgIpc) is 2.26. The molecule has 0 saturated carbocycles. The van der Waals surface area contributed by atoms with E-state index in [0.29, 0.717) is 11.5 Å². The van der Waals surface area contributed by atoms with Crippen molar-refractivity contribution in [2.45, 2.75) is 19.3 Å². The lowest BCUT2D eigenvalue weighted by Gasteiger charge is -2.11. The maximum Gasteiger partial charge on any atom is 0.335 e. The smallest absolute Gasteiger partial charge is 0.335 e. The predicted octanol–water partition coefficient (Wildman–Crippen LogP) is 2.52. The largest absolute Gasteiger partial charge is 0.478 e. The van der Waals surface area contributed by atoms with Crippen molar-refractivity contribution in [1.29, 1.82) is 0 Å². The van der Waals surface area contributed by atoms with Crippen LogP contribution >= 0.6 is 0 Å². The summed E-state index contributed by atoms with van der Waals surface area (Å²) in [5.74, 6) is -0.487. The molecule has 15 heavy (non-hydrogen) atoms. The Kier molecular flexibility index (Phi) is 4.31. The van der Waals surface area contributed by atoms with Crippen LogP contribution in [0.2, 0.25) is 0 Å². The molecule has 0 amide bonds. The molecule has 0 aliphatic rings. The van der Waals surface area contributed by atoms with E-state index in [2.05, 4.69) is 6.92 Å². The molecule has 0 spiro atoms. The molecule has 3 nitrogen and oxygen atoms in total. The monoisotopic (exact) mass is 208 g/mol. The lowest BCUT2D eigenvalue weighted by molar-refractivity contribution is 0.0697. The van der Waals surface area contributed by atoms with Crippen LogP contribution in [-0.4, -0.2) is 24.8 Å². The van der Waals surface area contributed by atoms with E-state index in [0.717, 1.165) is 18.6 Å². The maximum absolute atomic E-state index is 10.6. The first kappa shape index (κ1) is 11.7. The second-order valence-electron chi connectivity index (χ2n) is 3.61. The summed E-state index contributed by atoms with van der Waals surface area (Å²) in [6.45, 7) is 2.83. The van der Waals surface area contributed by atoms with Crippen molar-refractivity contribution in [2.75, 3.05) is 13.7 Å². The van der Waals surface area contributed by atoms with Gasteiger partial charge in [0, 0.05) is 13.7 Å². The Hall–Kier alpha value is -1.35. The number of carboxylic acid groups (broad SMARTS) is 1. The number of hydrogen-bond donors (Lipinski definition) is 1. The van der Waals surface area contributed by atoms with Crippen LogP contribution in [0.15, 0.2) is 24.3 Å². The van der Waals surface area contributed by atoms with Gasteiger partial charge in [-0.05, 0) is 30.0 Å². The molecule has 0 aromatic heterocycles. The molecule has 1 aromatic carbocycles. The van der Waals surface area contributed by atoms with Crippen LogP contribution in [0, 0.1) is 0 Å². The van der Waals surface area contributed by atoms with Crippen molar-refractivity contribution >= 4 is 5.97 Å². The van der Waals surface area contributed by atoms with Crippen LogP contribution in [0.25, 0.3) is 0 Å². The summed E-state index contributed by atoms with van der Waals surface area (Å²) in [6.07, 6.45) is 0.947. The predicted molar refractivity (Wildman–Crippen MR) is 58.3 cm³/mol. The summed E-state index contributed by atoms with van der Waals surface area (Å²) < 4.78 is 5.00. The van der Waals surface area contributed by atoms with Crippen LogP contribution in [0.1, 0.15) is 35.2 Å². The van der Waals surface area contributed by atoms with Crippen LogP contribution in [0.3, 0.4) is 0 Å². The molecule has 3 heteroatoms. The molecule has 0 radical (unpaired) electrons. The highest BCUT2D eigenvalue weighted by Gasteiger charge is 2.07. The van der Waals surface area contributed by atoms with Gasteiger partial charge in [0.25, 0.3) is 0 Å². The van der Waals surface area contributed by atoms with Gasteiger partial charge in [-0.1, -0.05) is 19.1 Å². The van der Waals surface area contributed by atoms with Gasteiger partial charge in [0.1, 0.15) is 0 Å². The summed E-state index contributed by atoms with van der Waals surface area (Å²) in [5.41, 5.74) is 1.48. The molecular weight excluding hydrogens is 192 g/mol. The van der Waals surface area contributed by atoms with Crippen molar-refractivity contribution in [3.8, 4) is 0 Å². The number of carboxylic acids is 1. The molecule has 1 N–H and O–H groups in total. The Bertz CT molecular complexity index is 316. The Morgan fingerprint density at radius 1 is 1.40 bits per heavy atom. The van der Waals surface area contributed by atoms with Crippen LogP contribution in [-0.2, 0) is 4.74 Å². The molecule has 1 rings (SSSR count). The van der Waals surface area contributed by atoms with Crippen molar-refractivity contribution in [1.82, 2.24) is 0 Å². The Morgan fingerprint density at radius 3 is 2.47 bits per heavy atom. The number of ether oxygens (including phenoxy) is 1. The quantitative estimate of drug-likeness (QED) is 0.808. The fourth-order valence-corrected chi connectivity index (χ4v) is 1.42. The van der Waals surface area contributed by atoms with E-state index in [1.165, 1.54) is 0 Å². The molecule has 1 aromatic rings. The summed E-state index contributed by atoms with van der Waals surface area (Å²) in [5, 5.41) is 8.74. The van der Waals surface area contributed by atoms with Gasteiger partial charge in [0.15, 0.2) is 0 Å². The number of hydrogen-bond acceptors (Lipinski definition) is 2. The minimum absolute atomic E-state index is 0.331. The van der Waals surface area contributed by atoms with Gasteiger partial charge in [-0.2, -0.15) is 0 Å². The molecule has 82 valence electrons. The maximum atomic E-state index is 10.6. The van der Waals surface area contributed by atoms with Gasteiger partial charge in [0.05, 0.1) is 5.56 Å². The van der Waals surface area contributed by atoms with Crippen LogP contribution < -0.4 is 0 Å². The summed E-state index contributed by atoms with van der Waals surface area (Å²) in [7, 11) is 1.68. The molecule has 1 unspecified atom stereocenters. The van der Waals surface area contributed by atoms with E-state index in [-0.39, 0.29) is 0 Å². The molecule has 0 aliphatic heterocycles. The third kappa shape index (κ3) is 3.36. The van der Waals surface area contributed by atoms with E-state index < -0.39 is 5.97 Å². The number of rotatable bonds is 5. The molecule has 0 bridgehead atoms. The molecule has 0 heterocycles. The Labute approximate surface area is 89.7 Å². The lowest BCUT2D eigenvalue weighted by atomic mass is 9.97. The lowest BCUT2D eigenvalue weighted by Crippen LogP contribution is -2.00. The first-order valence-electron chi connectivity index (χ1n) is 4.97. The fourth-order valence-electron chi connectivity index (χ4n) is 1.42. The normalized spacial score (nSPS) is 12.4. The first-order valence-corrected chi connectivity index (χ1v) is 4.97. The van der Waals surface area contributed by atoms with Gasteiger partial charge in [0.2, 0.25) is 0 Å². The number of carbonyl (C=O) groups is 1. The number of benzene rings is 1. The van der Waals surface area contributed by atoms with Crippen molar-refractivity contribution in [3.05, 3.63) is 35.4 Å². The zero-order chi connectivity index (χ0) is 11.3. The minimum Gasteiger partial charge on any atom is -0.478 e. The van der Waals surface area contributed by atoms with Crippen LogP contribution in [0.4, 0.5) is 0 Å². The van der Waals surface area contributed by atoms with Gasteiger partial charge in [-0.3, -0.25) is 0 Å². The molecule has 0 saturated heterocycles. The SMILES string of the molecule is COCCC(C)c1ccc(C(=O)O)cc1. The van der Waals surface area contributed by atoms with E-state index >= 15 is 0 Å². The van der Waals surface area contributed by atoms with Gasteiger partial charge in [-0.25, -0.2) is 4.79 Å². The molecule has 0 aliphatic carbocycles. The van der Waals surface area contributed by atoms with E-state index in [4.69, 9.17) is 9.84 Å². The first-order chi connectivity index (χ1) is 7.15. The van der Waals surface area contributed by atoms with Crippen LogP contribution in [0.5, 0.6) is 0 Å². The zero-order valence-electron chi connectivity index (χ0n) is 9.06. The molecule has 0 fully saturated rings. The molecule has 1 atom stereocenters. The Balaban J connectivity index is 2.66. The van der Waals surface area contributed by atoms with Gasteiger partial charge >= 0.3 is 5.97 Å². The summed E-state index contributed by atoms with van der Waals surface area (Å²) in [6, 6.07) is 7.01. The average molecular weight is 208 g/mol. The van der Waals surface area contributed by atoms with Crippen molar-refractivity contribution < 1.29 is 14.6 Å². The second-order valence-corrected chi connectivity index (χ2v) is 3.61. The highest BCUT2D eigenvalue weighted by Crippen LogP contribution is 2.19.